The molecule has 6 heteroatoms. The molecule has 30 heavy (non-hydrogen) atoms. The fourth-order valence-corrected chi connectivity index (χ4v) is 4.18. The molecule has 0 saturated carbocycles. The number of hydrogen-bond donors (Lipinski definition) is 0. The Hall–Kier alpha value is -2.84. The summed E-state index contributed by atoms with van der Waals surface area (Å²) < 4.78 is 0. The molecule has 2 aromatic rings. The van der Waals surface area contributed by atoms with Crippen LogP contribution in [0.3, 0.4) is 0 Å². The van der Waals surface area contributed by atoms with Crippen LogP contribution >= 0.6 is 11.6 Å². The minimum atomic E-state index is -0.917. The van der Waals surface area contributed by atoms with E-state index in [-0.39, 0.29) is 24.8 Å². The summed E-state index contributed by atoms with van der Waals surface area (Å²) in [5, 5.41) is 9.86. The van der Waals surface area contributed by atoms with E-state index in [1.165, 1.54) is 4.90 Å². The van der Waals surface area contributed by atoms with E-state index in [1.807, 2.05) is 38.1 Å². The Kier molecular flexibility index (Phi) is 6.48. The Balaban J connectivity index is 1.74. The highest BCUT2D eigenvalue weighted by Crippen LogP contribution is 2.33. The number of benzene rings is 2. The number of aryl methyl sites for hydroxylation is 2. The molecule has 156 valence electrons. The fraction of sp³-hybridized carbons (Fsp3) is 0.375. The monoisotopic (exact) mass is 423 g/mol. The average molecular weight is 424 g/mol. The second-order valence-corrected chi connectivity index (χ2v) is 8.62. The Morgan fingerprint density at radius 2 is 1.77 bits per heavy atom. The van der Waals surface area contributed by atoms with Gasteiger partial charge in [0, 0.05) is 18.1 Å². The second kappa shape index (κ2) is 8.89. The van der Waals surface area contributed by atoms with Gasteiger partial charge in [-0.15, -0.1) is 0 Å². The van der Waals surface area contributed by atoms with Crippen molar-refractivity contribution in [3.05, 3.63) is 69.7 Å². The quantitative estimate of drug-likeness (QED) is 0.658. The van der Waals surface area contributed by atoms with Gasteiger partial charge in [0.1, 0.15) is 12.1 Å². The third kappa shape index (κ3) is 4.66. The zero-order valence-corrected chi connectivity index (χ0v) is 18.4. The first-order valence-electron chi connectivity index (χ1n) is 10.0. The molecule has 0 aromatic heterocycles. The lowest BCUT2D eigenvalue weighted by molar-refractivity contribution is -0.163. The number of nitriles is 1. The van der Waals surface area contributed by atoms with Crippen LogP contribution < -0.4 is 0 Å². The van der Waals surface area contributed by atoms with Crippen molar-refractivity contribution in [2.24, 2.45) is 0 Å². The highest BCUT2D eigenvalue weighted by atomic mass is 35.5. The lowest BCUT2D eigenvalue weighted by Gasteiger charge is -2.50. The number of rotatable bonds is 6. The Morgan fingerprint density at radius 3 is 2.30 bits per heavy atom. The summed E-state index contributed by atoms with van der Waals surface area (Å²) in [4.78, 5) is 29.5. The van der Waals surface area contributed by atoms with Crippen molar-refractivity contribution in [3.8, 4) is 6.07 Å². The maximum atomic E-state index is 13.3. The summed E-state index contributed by atoms with van der Waals surface area (Å²) in [6.45, 7) is 6.63. The van der Waals surface area contributed by atoms with Crippen LogP contribution in [-0.2, 0) is 22.6 Å². The minimum Gasteiger partial charge on any atom is -0.328 e. The van der Waals surface area contributed by atoms with E-state index in [2.05, 4.69) is 12.1 Å². The number of likely N-dealkylation sites (tertiary alicyclic amines) is 1. The predicted octanol–water partition coefficient (Wildman–Crippen LogP) is 4.04. The van der Waals surface area contributed by atoms with E-state index in [0.717, 1.165) is 22.3 Å². The molecule has 0 N–H and O–H groups in total. The Bertz CT molecular complexity index is 976. The van der Waals surface area contributed by atoms with Crippen LogP contribution in [-0.4, -0.2) is 40.2 Å². The standard InChI is InChI=1S/C24H26ClN3O2/c1-17-12-18(2)14-20(13-17)15-22(29)28-10-8-24(28,3)23(30)27(11-9-26)16-19-4-6-21(25)7-5-19/h4-7,12-14H,8,10-11,15-16H2,1-3H3. The summed E-state index contributed by atoms with van der Waals surface area (Å²) in [6.07, 6.45) is 0.855. The molecule has 2 aromatic carbocycles. The van der Waals surface area contributed by atoms with Crippen molar-refractivity contribution >= 4 is 23.4 Å². The van der Waals surface area contributed by atoms with Gasteiger partial charge in [-0.3, -0.25) is 9.59 Å². The van der Waals surface area contributed by atoms with Crippen LogP contribution in [0.5, 0.6) is 0 Å². The number of carbonyl (C=O) groups excluding carboxylic acids is 2. The highest BCUT2D eigenvalue weighted by molar-refractivity contribution is 6.30. The van der Waals surface area contributed by atoms with Crippen LogP contribution in [0.25, 0.3) is 0 Å². The molecule has 1 fully saturated rings. The van der Waals surface area contributed by atoms with Crippen LogP contribution in [0.15, 0.2) is 42.5 Å². The van der Waals surface area contributed by atoms with E-state index in [4.69, 9.17) is 11.6 Å². The summed E-state index contributed by atoms with van der Waals surface area (Å²) in [7, 11) is 0. The summed E-state index contributed by atoms with van der Waals surface area (Å²) in [5.41, 5.74) is 3.15. The predicted molar refractivity (Wildman–Crippen MR) is 117 cm³/mol. The third-order valence-corrected chi connectivity index (χ3v) is 5.90. The van der Waals surface area contributed by atoms with Gasteiger partial charge < -0.3 is 9.80 Å². The molecule has 1 heterocycles. The lowest BCUT2D eigenvalue weighted by atomic mass is 9.84. The molecule has 0 aliphatic carbocycles. The van der Waals surface area contributed by atoms with Crippen molar-refractivity contribution in [1.29, 1.82) is 5.26 Å². The molecule has 1 aliphatic rings. The molecule has 5 nitrogen and oxygen atoms in total. The minimum absolute atomic E-state index is 0.0316. The molecule has 1 unspecified atom stereocenters. The first-order chi connectivity index (χ1) is 14.2. The van der Waals surface area contributed by atoms with Crippen LogP contribution in [0.1, 0.15) is 35.6 Å². The van der Waals surface area contributed by atoms with E-state index in [0.29, 0.717) is 24.5 Å². The zero-order chi connectivity index (χ0) is 21.9. The normalized spacial score (nSPS) is 17.8. The molecule has 0 spiro atoms. The molecule has 2 amide bonds. The van der Waals surface area contributed by atoms with Gasteiger partial charge in [-0.05, 0) is 50.5 Å². The SMILES string of the molecule is Cc1cc(C)cc(CC(=O)N2CCC2(C)C(=O)N(CC#N)Cc2ccc(Cl)cc2)c1. The van der Waals surface area contributed by atoms with Gasteiger partial charge in [0.25, 0.3) is 0 Å². The van der Waals surface area contributed by atoms with Crippen molar-refractivity contribution in [2.45, 2.75) is 45.7 Å². The van der Waals surface area contributed by atoms with Gasteiger partial charge in [0.2, 0.25) is 11.8 Å². The fourth-order valence-electron chi connectivity index (χ4n) is 4.06. The molecule has 1 atom stereocenters. The maximum Gasteiger partial charge on any atom is 0.249 e. The van der Waals surface area contributed by atoms with E-state index in [9.17, 15) is 14.9 Å². The number of nitrogens with zero attached hydrogens (tertiary/aromatic N) is 3. The lowest BCUT2D eigenvalue weighted by Crippen LogP contribution is -2.68. The molecule has 1 aliphatic heterocycles. The van der Waals surface area contributed by atoms with Gasteiger partial charge in [0.15, 0.2) is 0 Å². The number of carbonyl (C=O) groups is 2. The van der Waals surface area contributed by atoms with Crippen LogP contribution in [0, 0.1) is 25.2 Å². The maximum absolute atomic E-state index is 13.3. The van der Waals surface area contributed by atoms with E-state index in [1.54, 1.807) is 24.0 Å². The summed E-state index contributed by atoms with van der Waals surface area (Å²) >= 11 is 5.94. The first-order valence-corrected chi connectivity index (χ1v) is 10.4. The topological polar surface area (TPSA) is 64.4 Å². The third-order valence-electron chi connectivity index (χ3n) is 5.65. The smallest absolute Gasteiger partial charge is 0.249 e. The molecule has 1 saturated heterocycles. The summed E-state index contributed by atoms with van der Waals surface area (Å²) in [6, 6.07) is 15.4. The van der Waals surface area contributed by atoms with Gasteiger partial charge >= 0.3 is 0 Å². The number of halogens is 1. The van der Waals surface area contributed by atoms with Crippen LogP contribution in [0.2, 0.25) is 5.02 Å². The van der Waals surface area contributed by atoms with Crippen molar-refractivity contribution in [1.82, 2.24) is 9.80 Å². The molecule has 0 bridgehead atoms. The van der Waals surface area contributed by atoms with Gasteiger partial charge in [-0.2, -0.15) is 5.26 Å². The van der Waals surface area contributed by atoms with E-state index >= 15 is 0 Å². The van der Waals surface area contributed by atoms with Gasteiger partial charge in [-0.25, -0.2) is 0 Å². The second-order valence-electron chi connectivity index (χ2n) is 8.19. The van der Waals surface area contributed by atoms with Gasteiger partial charge in [-0.1, -0.05) is 53.1 Å². The molecule has 3 rings (SSSR count). The molecular weight excluding hydrogens is 398 g/mol. The van der Waals surface area contributed by atoms with Gasteiger partial charge in [0.05, 0.1) is 12.5 Å². The van der Waals surface area contributed by atoms with Crippen LogP contribution in [0.4, 0.5) is 0 Å². The van der Waals surface area contributed by atoms with Crippen molar-refractivity contribution in [3.63, 3.8) is 0 Å². The highest BCUT2D eigenvalue weighted by Gasteiger charge is 2.50. The number of amides is 2. The van der Waals surface area contributed by atoms with Crippen molar-refractivity contribution in [2.75, 3.05) is 13.1 Å². The summed E-state index contributed by atoms with van der Waals surface area (Å²) in [5.74, 6) is -0.260. The van der Waals surface area contributed by atoms with Crippen molar-refractivity contribution < 1.29 is 9.59 Å². The average Bonchev–Trinajstić information content (AvgIpc) is 2.66. The largest absolute Gasteiger partial charge is 0.328 e. The Morgan fingerprint density at radius 1 is 1.13 bits per heavy atom. The van der Waals surface area contributed by atoms with E-state index < -0.39 is 5.54 Å². The first kappa shape index (κ1) is 21.9. The zero-order valence-electron chi connectivity index (χ0n) is 17.6. The molecular formula is C24H26ClN3O2. The Labute approximate surface area is 182 Å². The molecule has 0 radical (unpaired) electrons. The number of hydrogen-bond acceptors (Lipinski definition) is 3.